The lowest BCUT2D eigenvalue weighted by molar-refractivity contribution is -0.129. The van der Waals surface area contributed by atoms with E-state index >= 15 is 0 Å². The molecule has 130 valence electrons. The van der Waals surface area contributed by atoms with Crippen LogP contribution < -0.4 is 5.32 Å². The molecule has 1 aromatic carbocycles. The smallest absolute Gasteiger partial charge is 0.228 e. The van der Waals surface area contributed by atoms with Crippen LogP contribution in [0.2, 0.25) is 5.02 Å². The van der Waals surface area contributed by atoms with Crippen LogP contribution in [0.25, 0.3) is 0 Å². The Morgan fingerprint density at radius 3 is 2.00 bits per heavy atom. The zero-order chi connectivity index (χ0) is 16.9. The minimum atomic E-state index is -0.0877. The molecule has 4 saturated carbocycles. The molecule has 2 nitrogen and oxygen atoms in total. The van der Waals surface area contributed by atoms with Gasteiger partial charge in [-0.15, -0.1) is 0 Å². The Morgan fingerprint density at radius 1 is 1.04 bits per heavy atom. The van der Waals surface area contributed by atoms with Gasteiger partial charge in [0.05, 0.1) is 5.92 Å². The largest absolute Gasteiger partial charge is 0.350 e. The molecule has 1 atom stereocenters. The van der Waals surface area contributed by atoms with Gasteiger partial charge < -0.3 is 5.32 Å². The van der Waals surface area contributed by atoms with E-state index in [9.17, 15) is 4.79 Å². The van der Waals surface area contributed by atoms with Crippen LogP contribution in [0.4, 0.5) is 0 Å². The van der Waals surface area contributed by atoms with Crippen molar-refractivity contribution in [2.45, 2.75) is 63.8 Å². The van der Waals surface area contributed by atoms with Crippen LogP contribution >= 0.6 is 11.6 Å². The molecule has 4 fully saturated rings. The Bertz CT molecular complexity index is 586. The molecule has 4 aliphatic rings. The van der Waals surface area contributed by atoms with Crippen molar-refractivity contribution in [3.63, 3.8) is 0 Å². The highest BCUT2D eigenvalue weighted by Gasteiger charge is 2.52. The molecule has 0 saturated heterocycles. The second-order valence-electron chi connectivity index (χ2n) is 8.96. The minimum absolute atomic E-state index is 0.0877. The van der Waals surface area contributed by atoms with Crippen molar-refractivity contribution in [2.75, 3.05) is 0 Å². The minimum Gasteiger partial charge on any atom is -0.350 e. The molecule has 24 heavy (non-hydrogen) atoms. The average Bonchev–Trinajstić information content (AvgIpc) is 2.47. The van der Waals surface area contributed by atoms with Gasteiger partial charge in [0.25, 0.3) is 0 Å². The Kier molecular flexibility index (Phi) is 4.15. The van der Waals surface area contributed by atoms with Crippen molar-refractivity contribution in [1.82, 2.24) is 5.32 Å². The quantitative estimate of drug-likeness (QED) is 0.801. The number of hydrogen-bond donors (Lipinski definition) is 1. The number of halogens is 1. The fraction of sp³-hybridized carbons (Fsp3) is 0.667. The molecule has 0 radical (unpaired) electrons. The zero-order valence-corrected chi connectivity index (χ0v) is 15.5. The van der Waals surface area contributed by atoms with E-state index < -0.39 is 0 Å². The first-order valence-electron chi connectivity index (χ1n) is 9.51. The fourth-order valence-corrected chi connectivity index (χ4v) is 6.24. The highest BCUT2D eigenvalue weighted by molar-refractivity contribution is 6.30. The van der Waals surface area contributed by atoms with E-state index in [1.807, 2.05) is 24.3 Å². The van der Waals surface area contributed by atoms with Crippen LogP contribution in [0, 0.1) is 23.7 Å². The molecule has 1 amide bonds. The van der Waals surface area contributed by atoms with Crippen LogP contribution in [-0.4, -0.2) is 11.4 Å². The molecule has 1 N–H and O–H groups in total. The molecule has 0 spiro atoms. The van der Waals surface area contributed by atoms with Crippen molar-refractivity contribution < 1.29 is 4.79 Å². The predicted octanol–water partition coefficient (Wildman–Crippen LogP) is 5.16. The lowest BCUT2D eigenvalue weighted by atomic mass is 9.53. The first-order valence-corrected chi connectivity index (χ1v) is 9.89. The number of hydrogen-bond acceptors (Lipinski definition) is 1. The van der Waals surface area contributed by atoms with E-state index in [0.717, 1.165) is 28.3 Å². The molecule has 0 aliphatic heterocycles. The third-order valence-corrected chi connectivity index (χ3v) is 6.86. The summed E-state index contributed by atoms with van der Waals surface area (Å²) in [5, 5.41) is 4.27. The molecule has 4 aliphatic carbocycles. The van der Waals surface area contributed by atoms with Crippen LogP contribution in [0.1, 0.15) is 63.9 Å². The van der Waals surface area contributed by atoms with Crippen molar-refractivity contribution >= 4 is 17.5 Å². The number of nitrogens with one attached hydrogen (secondary N) is 1. The predicted molar refractivity (Wildman–Crippen MR) is 98.1 cm³/mol. The van der Waals surface area contributed by atoms with Crippen LogP contribution in [0.15, 0.2) is 24.3 Å². The molecule has 5 rings (SSSR count). The highest BCUT2D eigenvalue weighted by Crippen LogP contribution is 2.55. The summed E-state index contributed by atoms with van der Waals surface area (Å²) in [5.41, 5.74) is 1.17. The van der Waals surface area contributed by atoms with E-state index in [-0.39, 0.29) is 23.3 Å². The number of amides is 1. The van der Waals surface area contributed by atoms with Crippen molar-refractivity contribution in [3.05, 3.63) is 34.9 Å². The summed E-state index contributed by atoms with van der Waals surface area (Å²) < 4.78 is 0. The third kappa shape index (κ3) is 2.98. The van der Waals surface area contributed by atoms with Gasteiger partial charge in [0, 0.05) is 10.6 Å². The summed E-state index contributed by atoms with van der Waals surface area (Å²) in [6.07, 6.45) is 7.82. The number of carbonyl (C=O) groups excluding carboxylic acids is 1. The van der Waals surface area contributed by atoms with Crippen molar-refractivity contribution in [2.24, 2.45) is 23.7 Å². The third-order valence-electron chi connectivity index (χ3n) is 6.60. The molecule has 4 bridgehead atoms. The number of rotatable bonds is 4. The van der Waals surface area contributed by atoms with Gasteiger partial charge in [-0.05, 0) is 79.9 Å². The van der Waals surface area contributed by atoms with Gasteiger partial charge in [-0.25, -0.2) is 0 Å². The maximum Gasteiger partial charge on any atom is 0.228 e. The molecular formula is C21H28ClNO. The molecule has 0 heterocycles. The van der Waals surface area contributed by atoms with Crippen LogP contribution in [0.5, 0.6) is 0 Å². The second kappa shape index (κ2) is 6.05. The van der Waals surface area contributed by atoms with Gasteiger partial charge in [0.2, 0.25) is 5.91 Å². The van der Waals surface area contributed by atoms with Gasteiger partial charge in [-0.1, -0.05) is 37.6 Å². The van der Waals surface area contributed by atoms with Gasteiger partial charge in [-0.2, -0.15) is 0 Å². The molecule has 0 unspecified atom stereocenters. The van der Waals surface area contributed by atoms with Gasteiger partial charge >= 0.3 is 0 Å². The molecule has 1 aromatic rings. The van der Waals surface area contributed by atoms with Gasteiger partial charge in [0.1, 0.15) is 0 Å². The summed E-state index contributed by atoms with van der Waals surface area (Å²) in [6, 6.07) is 7.80. The van der Waals surface area contributed by atoms with E-state index in [1.54, 1.807) is 0 Å². The second-order valence-corrected chi connectivity index (χ2v) is 9.40. The summed E-state index contributed by atoms with van der Waals surface area (Å²) >= 11 is 6.02. The summed E-state index contributed by atoms with van der Waals surface area (Å²) in [4.78, 5) is 13.2. The maximum atomic E-state index is 13.2. The Morgan fingerprint density at radius 2 is 1.54 bits per heavy atom. The summed E-state index contributed by atoms with van der Waals surface area (Å²) in [7, 11) is 0. The Balaban J connectivity index is 1.54. The van der Waals surface area contributed by atoms with E-state index in [4.69, 9.17) is 11.6 Å². The van der Waals surface area contributed by atoms with Crippen LogP contribution in [0.3, 0.4) is 0 Å². The monoisotopic (exact) mass is 345 g/mol. The summed E-state index contributed by atoms with van der Waals surface area (Å²) in [6.45, 7) is 4.27. The standard InChI is InChI=1S/C21H28ClNO/c1-13(2)19(17-3-5-18(22)6-4-17)20(24)23-21-10-14-7-15(11-21)9-16(8-14)12-21/h3-6,13-16,19H,7-12H2,1-2H3,(H,23,24)/t14?,15?,16?,19-,21?/m1/s1. The van der Waals surface area contributed by atoms with Crippen molar-refractivity contribution in [1.29, 1.82) is 0 Å². The Hall–Kier alpha value is -1.02. The highest BCUT2D eigenvalue weighted by atomic mass is 35.5. The summed E-state index contributed by atoms with van der Waals surface area (Å²) in [5.74, 6) is 2.96. The van der Waals surface area contributed by atoms with Crippen molar-refractivity contribution in [3.8, 4) is 0 Å². The maximum absolute atomic E-state index is 13.2. The van der Waals surface area contributed by atoms with E-state index in [1.165, 1.54) is 38.5 Å². The number of carbonyl (C=O) groups is 1. The lowest BCUT2D eigenvalue weighted by Gasteiger charge is -2.57. The molecule has 0 aromatic heterocycles. The van der Waals surface area contributed by atoms with E-state index in [0.29, 0.717) is 0 Å². The van der Waals surface area contributed by atoms with Crippen LogP contribution in [-0.2, 0) is 4.79 Å². The van der Waals surface area contributed by atoms with E-state index in [2.05, 4.69) is 19.2 Å². The van der Waals surface area contributed by atoms with Gasteiger partial charge in [-0.3, -0.25) is 4.79 Å². The number of benzene rings is 1. The van der Waals surface area contributed by atoms with Gasteiger partial charge in [0.15, 0.2) is 0 Å². The SMILES string of the molecule is CC(C)[C@@H](C(=O)NC12CC3CC(CC(C3)C1)C2)c1ccc(Cl)cc1. The first-order chi connectivity index (χ1) is 11.4. The molecular weight excluding hydrogens is 318 g/mol. The Labute approximate surface area is 150 Å². The average molecular weight is 346 g/mol. The fourth-order valence-electron chi connectivity index (χ4n) is 6.11. The first kappa shape index (κ1) is 16.4. The lowest BCUT2D eigenvalue weighted by Crippen LogP contribution is -2.60. The molecule has 3 heteroatoms. The topological polar surface area (TPSA) is 29.1 Å². The normalized spacial score (nSPS) is 35.2. The zero-order valence-electron chi connectivity index (χ0n) is 14.7.